The van der Waals surface area contributed by atoms with Gasteiger partial charge in [0.1, 0.15) is 6.54 Å². The van der Waals surface area contributed by atoms with Crippen LogP contribution in [0.4, 0.5) is 11.4 Å². The molecule has 2 aliphatic rings. The van der Waals surface area contributed by atoms with Crippen LogP contribution in [-0.4, -0.2) is 60.1 Å². The number of aryl methyl sites for hydroxylation is 2. The minimum absolute atomic E-state index is 0.0161. The van der Waals surface area contributed by atoms with E-state index in [9.17, 15) is 30.7 Å². The molecule has 0 unspecified atom stereocenters. The lowest BCUT2D eigenvalue weighted by molar-refractivity contribution is -0.433. The smallest absolute Gasteiger partial charge is 0.294 e. The number of benzene rings is 4. The highest BCUT2D eigenvalue weighted by atomic mass is 32.2. The van der Waals surface area contributed by atoms with Crippen molar-refractivity contribution in [1.82, 2.24) is 4.98 Å². The van der Waals surface area contributed by atoms with E-state index in [2.05, 4.69) is 75.3 Å². The highest BCUT2D eigenvalue weighted by molar-refractivity contribution is 7.86. The minimum Gasteiger partial charge on any atom is -0.344 e. The first kappa shape index (κ1) is 43.8. The van der Waals surface area contributed by atoms with Crippen molar-refractivity contribution in [3.05, 3.63) is 130 Å². The minimum atomic E-state index is -4.45. The van der Waals surface area contributed by atoms with Gasteiger partial charge < -0.3 is 4.90 Å². The van der Waals surface area contributed by atoms with E-state index in [1.165, 1.54) is 12.1 Å². The zero-order chi connectivity index (χ0) is 44.8. The van der Waals surface area contributed by atoms with E-state index >= 15 is 0 Å². The molecule has 1 aromatic heterocycles. The summed E-state index contributed by atoms with van der Waals surface area (Å²) in [4.78, 5) is 20.0. The van der Waals surface area contributed by atoms with Crippen LogP contribution < -0.4 is 4.90 Å². The molecule has 0 radical (unpaired) electrons. The van der Waals surface area contributed by atoms with Crippen molar-refractivity contribution >= 4 is 70.2 Å². The quantitative estimate of drug-likeness (QED) is 0.0640. The van der Waals surface area contributed by atoms with Crippen LogP contribution in [0.5, 0.6) is 0 Å². The SMILES string of the molecule is CCN1/C(=C/C=C(/C=C/C2=[N+](CC)c3ccc4c(C)cc(S(=O)(=O)O)cc4c3C2(C)C)c2ccc(C(=O)C(C)(C)C)cn2)C(C)(C)c2c1ccc1c(C)cc(S(=O)(=O)O)cc21. The Kier molecular flexibility index (Phi) is 10.8. The van der Waals surface area contributed by atoms with Crippen molar-refractivity contribution in [2.75, 3.05) is 18.0 Å². The number of likely N-dealkylation sites (N-methyl/N-ethyl adjacent to an activating group) is 1. The number of carbonyl (C=O) groups excluding carboxylic acids is 1. The zero-order valence-corrected chi connectivity index (χ0v) is 38.3. The number of hydrogen-bond donors (Lipinski definition) is 2. The number of nitrogens with zero attached hydrogens (tertiary/aromatic N) is 3. The van der Waals surface area contributed by atoms with Gasteiger partial charge in [0.25, 0.3) is 20.2 Å². The number of anilines is 1. The fourth-order valence-corrected chi connectivity index (χ4v) is 10.6. The van der Waals surface area contributed by atoms with Crippen LogP contribution in [0.2, 0.25) is 0 Å². The summed E-state index contributed by atoms with van der Waals surface area (Å²) in [6.45, 7) is 23.2. The number of hydrogen-bond acceptors (Lipinski definition) is 7. The Labute approximate surface area is 359 Å². The number of ketones is 1. The molecule has 5 aromatic rings. The number of pyridine rings is 1. The van der Waals surface area contributed by atoms with Crippen molar-refractivity contribution in [2.24, 2.45) is 5.41 Å². The molecule has 10 nitrogen and oxygen atoms in total. The third-order valence-electron chi connectivity index (χ3n) is 12.4. The standard InChI is InChI=1S/C49H53N3O7S2/c1-12-51-40-20-17-35-29(3)24-33(60(54,55)56)26-37(35)44(40)48(8,9)42(51)22-15-31(39-19-14-32(28-50-39)46(53)47(5,6)7)16-23-43-49(10,11)45-38-27-34(61(57,58)59)25-30(4)36(38)18-21-41(45)52(43)13-2/h14-28H,12-13H2,1-11H3,(H-,54,55,56,57,58,59)/p+1. The fourth-order valence-electron chi connectivity index (χ4n) is 9.38. The van der Waals surface area contributed by atoms with Gasteiger partial charge in [0.2, 0.25) is 5.69 Å². The molecule has 7 rings (SSSR count). The molecule has 0 spiro atoms. The molecule has 0 saturated heterocycles. The number of carbonyl (C=O) groups is 1. The number of aromatic nitrogens is 1. The summed E-state index contributed by atoms with van der Waals surface area (Å²) in [6, 6.07) is 17.9. The van der Waals surface area contributed by atoms with E-state index in [1.54, 1.807) is 18.3 Å². The Morgan fingerprint density at radius 1 is 0.787 bits per heavy atom. The summed E-state index contributed by atoms with van der Waals surface area (Å²) < 4.78 is 71.8. The van der Waals surface area contributed by atoms with E-state index in [-0.39, 0.29) is 15.6 Å². The van der Waals surface area contributed by atoms with E-state index in [0.29, 0.717) is 24.3 Å². The molecule has 0 bridgehead atoms. The average molecular weight is 861 g/mol. The molecule has 0 fully saturated rings. The van der Waals surface area contributed by atoms with E-state index in [1.807, 2.05) is 71.0 Å². The van der Waals surface area contributed by atoms with Gasteiger partial charge in [-0.1, -0.05) is 46.8 Å². The maximum atomic E-state index is 13.2. The Hall–Kier alpha value is -5.27. The number of Topliss-reactive ketones (excluding diaryl/α,β-unsaturated/α-hetero) is 1. The molecule has 2 aliphatic heterocycles. The fraction of sp³-hybridized carbons (Fsp3) is 0.327. The molecule has 2 N–H and O–H groups in total. The first-order valence-corrected chi connectivity index (χ1v) is 23.3. The van der Waals surface area contributed by atoms with Crippen LogP contribution in [0, 0.1) is 19.3 Å². The summed E-state index contributed by atoms with van der Waals surface area (Å²) in [7, 11) is -8.90. The van der Waals surface area contributed by atoms with Gasteiger partial charge in [-0.25, -0.2) is 0 Å². The lowest BCUT2D eigenvalue weighted by atomic mass is 9.78. The molecule has 3 heterocycles. The highest BCUT2D eigenvalue weighted by Crippen LogP contribution is 2.51. The van der Waals surface area contributed by atoms with Crippen LogP contribution in [0.15, 0.2) is 107 Å². The molecule has 12 heteroatoms. The van der Waals surface area contributed by atoms with Gasteiger partial charge in [0.05, 0.1) is 20.9 Å². The molecule has 318 valence electrons. The third-order valence-corrected chi connectivity index (χ3v) is 14.0. The maximum Gasteiger partial charge on any atom is 0.294 e. The van der Waals surface area contributed by atoms with E-state index in [4.69, 9.17) is 4.98 Å². The second-order valence-corrected chi connectivity index (χ2v) is 21.0. The predicted molar refractivity (Wildman–Crippen MR) is 245 cm³/mol. The van der Waals surface area contributed by atoms with Crippen molar-refractivity contribution < 1.29 is 35.3 Å². The first-order valence-electron chi connectivity index (χ1n) is 20.5. The molecule has 0 saturated carbocycles. The summed E-state index contributed by atoms with van der Waals surface area (Å²) in [6.07, 6.45) is 9.82. The van der Waals surface area contributed by atoms with Crippen LogP contribution in [0.3, 0.4) is 0 Å². The Balaban J connectivity index is 1.41. The molecule has 0 atom stereocenters. The van der Waals surface area contributed by atoms with E-state index in [0.717, 1.165) is 72.2 Å². The molecule has 4 aromatic carbocycles. The van der Waals surface area contributed by atoms with Crippen LogP contribution >= 0.6 is 0 Å². The Morgan fingerprint density at radius 2 is 1.36 bits per heavy atom. The Morgan fingerprint density at radius 3 is 1.87 bits per heavy atom. The lowest BCUT2D eigenvalue weighted by Gasteiger charge is -2.26. The van der Waals surface area contributed by atoms with Gasteiger partial charge in [-0.3, -0.25) is 18.9 Å². The molecule has 61 heavy (non-hydrogen) atoms. The van der Waals surface area contributed by atoms with Gasteiger partial charge >= 0.3 is 0 Å². The maximum absolute atomic E-state index is 13.2. The van der Waals surface area contributed by atoms with Crippen LogP contribution in [-0.2, 0) is 31.1 Å². The van der Waals surface area contributed by atoms with Gasteiger partial charge in [-0.2, -0.15) is 21.4 Å². The molecular formula is C49H54N3O7S2+. The summed E-state index contributed by atoms with van der Waals surface area (Å²) in [5.74, 6) is -0.0161. The zero-order valence-electron chi connectivity index (χ0n) is 36.7. The van der Waals surface area contributed by atoms with Gasteiger partial charge in [0.15, 0.2) is 11.5 Å². The van der Waals surface area contributed by atoms with Crippen molar-refractivity contribution in [1.29, 1.82) is 0 Å². The second-order valence-electron chi connectivity index (χ2n) is 18.2. The monoisotopic (exact) mass is 860 g/mol. The van der Waals surface area contributed by atoms with Gasteiger partial charge in [-0.05, 0) is 140 Å². The lowest BCUT2D eigenvalue weighted by Crippen LogP contribution is -2.27. The average Bonchev–Trinajstić information content (AvgIpc) is 3.54. The van der Waals surface area contributed by atoms with E-state index < -0.39 is 36.5 Å². The van der Waals surface area contributed by atoms with Crippen molar-refractivity contribution in [3.63, 3.8) is 0 Å². The summed E-state index contributed by atoms with van der Waals surface area (Å²) in [5.41, 5.74) is 7.40. The van der Waals surface area contributed by atoms with Gasteiger partial charge in [0, 0.05) is 63.8 Å². The largest absolute Gasteiger partial charge is 0.344 e. The van der Waals surface area contributed by atoms with Crippen molar-refractivity contribution in [2.45, 2.75) is 96.8 Å². The number of rotatable bonds is 9. The molecule has 0 aliphatic carbocycles. The topological polar surface area (TPSA) is 145 Å². The number of fused-ring (bicyclic) bond motifs is 6. The second kappa shape index (κ2) is 15.0. The van der Waals surface area contributed by atoms with Crippen LogP contribution in [0.25, 0.3) is 27.1 Å². The predicted octanol–water partition coefficient (Wildman–Crippen LogP) is 10.5. The Bertz CT molecular complexity index is 3060. The summed E-state index contributed by atoms with van der Waals surface area (Å²) >= 11 is 0. The molecular weight excluding hydrogens is 807 g/mol. The van der Waals surface area contributed by atoms with Crippen molar-refractivity contribution in [3.8, 4) is 0 Å². The third kappa shape index (κ3) is 7.47. The first-order chi connectivity index (χ1) is 28.3. The molecule has 0 amide bonds. The number of allylic oxidation sites excluding steroid dienone is 6. The van der Waals surface area contributed by atoms with Gasteiger partial charge in [-0.15, -0.1) is 0 Å². The normalized spacial score (nSPS) is 17.3. The summed E-state index contributed by atoms with van der Waals surface area (Å²) in [5, 5.41) is 3.32. The van der Waals surface area contributed by atoms with Crippen LogP contribution in [0.1, 0.15) is 101 Å². The highest BCUT2D eigenvalue weighted by Gasteiger charge is 2.46.